The largest absolute Gasteiger partial charge is 0.378 e. The second-order valence-corrected chi connectivity index (χ2v) is 5.73. The molecule has 0 radical (unpaired) electrons. The zero-order valence-corrected chi connectivity index (χ0v) is 12.7. The molecule has 0 saturated heterocycles. The number of benzene rings is 1. The van der Waals surface area contributed by atoms with Crippen LogP contribution in [0.25, 0.3) is 0 Å². The fourth-order valence-electron chi connectivity index (χ4n) is 3.07. The van der Waals surface area contributed by atoms with Crippen LogP contribution >= 0.6 is 0 Å². The van der Waals surface area contributed by atoms with Crippen molar-refractivity contribution in [2.75, 3.05) is 13.7 Å². The van der Waals surface area contributed by atoms with Crippen molar-refractivity contribution in [1.29, 1.82) is 0 Å². The monoisotopic (exact) mass is 292 g/mol. The van der Waals surface area contributed by atoms with Gasteiger partial charge in [-0.15, -0.1) is 0 Å². The molecule has 1 aliphatic carbocycles. The summed E-state index contributed by atoms with van der Waals surface area (Å²) in [6.45, 7) is 2.81. The van der Waals surface area contributed by atoms with Gasteiger partial charge in [0, 0.05) is 24.3 Å². The van der Waals surface area contributed by atoms with Gasteiger partial charge in [0.05, 0.1) is 11.0 Å². The van der Waals surface area contributed by atoms with E-state index < -0.39 is 0 Å². The zero-order chi connectivity index (χ0) is 15.2. The van der Waals surface area contributed by atoms with Crippen LogP contribution in [0.2, 0.25) is 0 Å². The van der Waals surface area contributed by atoms with Gasteiger partial charge >= 0.3 is 0 Å². The van der Waals surface area contributed by atoms with Crippen molar-refractivity contribution in [2.24, 2.45) is 5.92 Å². The molecule has 21 heavy (non-hydrogen) atoms. The average Bonchev–Trinajstić information content (AvgIpc) is 2.44. The van der Waals surface area contributed by atoms with E-state index in [4.69, 9.17) is 4.74 Å². The van der Waals surface area contributed by atoms with E-state index in [9.17, 15) is 10.1 Å². The second-order valence-electron chi connectivity index (χ2n) is 5.73. The van der Waals surface area contributed by atoms with Crippen LogP contribution in [-0.4, -0.2) is 30.7 Å². The van der Waals surface area contributed by atoms with E-state index in [0.29, 0.717) is 18.4 Å². The molecule has 116 valence electrons. The molecular formula is C16H24N2O3. The molecule has 0 heterocycles. The number of nitrogens with zero attached hydrogens (tertiary/aromatic N) is 1. The summed E-state index contributed by atoms with van der Waals surface area (Å²) in [5, 5.41) is 14.4. The predicted molar refractivity (Wildman–Crippen MR) is 82.4 cm³/mol. The van der Waals surface area contributed by atoms with Gasteiger partial charge < -0.3 is 10.1 Å². The van der Waals surface area contributed by atoms with Crippen molar-refractivity contribution in [3.05, 3.63) is 39.9 Å². The molecule has 1 fully saturated rings. The minimum absolute atomic E-state index is 0.221. The van der Waals surface area contributed by atoms with Crippen LogP contribution in [0.4, 0.5) is 5.69 Å². The van der Waals surface area contributed by atoms with Crippen molar-refractivity contribution < 1.29 is 9.66 Å². The number of nitro benzene ring substituents is 1. The van der Waals surface area contributed by atoms with Gasteiger partial charge in [0.2, 0.25) is 0 Å². The van der Waals surface area contributed by atoms with Gasteiger partial charge in [-0.1, -0.05) is 18.2 Å². The summed E-state index contributed by atoms with van der Waals surface area (Å²) in [5.41, 5.74) is 1.03. The minimum atomic E-state index is -0.295. The molecule has 1 N–H and O–H groups in total. The Morgan fingerprint density at radius 2 is 2.14 bits per heavy atom. The highest BCUT2D eigenvalue weighted by molar-refractivity contribution is 5.40. The van der Waals surface area contributed by atoms with E-state index >= 15 is 0 Å². The first kappa shape index (κ1) is 15.9. The lowest BCUT2D eigenvalue weighted by Gasteiger charge is -2.37. The Hall–Kier alpha value is -1.46. The molecule has 0 amide bonds. The van der Waals surface area contributed by atoms with Crippen LogP contribution in [-0.2, 0) is 11.2 Å². The third-order valence-electron chi connectivity index (χ3n) is 4.28. The molecular weight excluding hydrogens is 268 g/mol. The SMILES string of the molecule is CCOC1CC(CC(Cc2ccccc2[N+](=O)[O-])NC)C1. The maximum absolute atomic E-state index is 11.1. The fraction of sp³-hybridized carbons (Fsp3) is 0.625. The number of rotatable bonds is 8. The van der Waals surface area contributed by atoms with Crippen LogP contribution in [0.3, 0.4) is 0 Å². The van der Waals surface area contributed by atoms with Crippen LogP contribution in [0.5, 0.6) is 0 Å². The van der Waals surface area contributed by atoms with Gasteiger partial charge in [0.15, 0.2) is 0 Å². The van der Waals surface area contributed by atoms with E-state index in [2.05, 4.69) is 5.32 Å². The summed E-state index contributed by atoms with van der Waals surface area (Å²) in [4.78, 5) is 10.8. The first-order chi connectivity index (χ1) is 10.1. The number of hydrogen-bond acceptors (Lipinski definition) is 4. The Kier molecular flexibility index (Phi) is 5.70. The molecule has 1 aromatic carbocycles. The summed E-state index contributed by atoms with van der Waals surface area (Å²) < 4.78 is 5.58. The number of ether oxygens (including phenoxy) is 1. The summed E-state index contributed by atoms with van der Waals surface area (Å²) >= 11 is 0. The van der Waals surface area contributed by atoms with E-state index in [-0.39, 0.29) is 16.7 Å². The normalized spacial score (nSPS) is 22.6. The van der Waals surface area contributed by atoms with E-state index in [1.165, 1.54) is 0 Å². The average molecular weight is 292 g/mol. The number of nitrogens with one attached hydrogen (secondary N) is 1. The Labute approximate surface area is 125 Å². The van der Waals surface area contributed by atoms with Crippen molar-refractivity contribution in [3.63, 3.8) is 0 Å². The van der Waals surface area contributed by atoms with E-state index in [0.717, 1.165) is 31.4 Å². The van der Waals surface area contributed by atoms with Crippen molar-refractivity contribution >= 4 is 5.69 Å². The molecule has 1 aliphatic rings. The molecule has 0 aromatic heterocycles. The Morgan fingerprint density at radius 3 is 2.76 bits per heavy atom. The zero-order valence-electron chi connectivity index (χ0n) is 12.7. The van der Waals surface area contributed by atoms with E-state index in [1.54, 1.807) is 12.1 Å². The molecule has 1 saturated carbocycles. The molecule has 1 unspecified atom stereocenters. The lowest BCUT2D eigenvalue weighted by Crippen LogP contribution is -2.38. The van der Waals surface area contributed by atoms with Crippen molar-refractivity contribution in [1.82, 2.24) is 5.32 Å². The minimum Gasteiger partial charge on any atom is -0.378 e. The standard InChI is InChI=1S/C16H24N2O3/c1-3-21-15-9-12(10-15)8-14(17-2)11-13-6-4-5-7-16(13)18(19)20/h4-7,12,14-15,17H,3,8-11H2,1-2H3. The molecule has 0 spiro atoms. The highest BCUT2D eigenvalue weighted by atomic mass is 16.6. The Balaban J connectivity index is 1.90. The first-order valence-electron chi connectivity index (χ1n) is 7.65. The maximum Gasteiger partial charge on any atom is 0.272 e. The third-order valence-corrected chi connectivity index (χ3v) is 4.28. The van der Waals surface area contributed by atoms with Gasteiger partial charge in [-0.2, -0.15) is 0 Å². The molecule has 0 aliphatic heterocycles. The first-order valence-corrected chi connectivity index (χ1v) is 7.65. The highest BCUT2D eigenvalue weighted by Gasteiger charge is 2.31. The molecule has 5 nitrogen and oxygen atoms in total. The van der Waals surface area contributed by atoms with Gasteiger partial charge in [-0.05, 0) is 45.6 Å². The Morgan fingerprint density at radius 1 is 1.43 bits per heavy atom. The molecule has 5 heteroatoms. The molecule has 1 atom stereocenters. The number of nitro groups is 1. The number of hydrogen-bond donors (Lipinski definition) is 1. The third kappa shape index (κ3) is 4.25. The van der Waals surface area contributed by atoms with Gasteiger partial charge in [-0.3, -0.25) is 10.1 Å². The predicted octanol–water partition coefficient (Wildman–Crippen LogP) is 2.93. The molecule has 0 bridgehead atoms. The fourth-order valence-corrected chi connectivity index (χ4v) is 3.07. The smallest absolute Gasteiger partial charge is 0.272 e. The highest BCUT2D eigenvalue weighted by Crippen LogP contribution is 2.34. The second kappa shape index (κ2) is 7.52. The summed E-state index contributed by atoms with van der Waals surface area (Å²) in [6, 6.07) is 7.29. The number of likely N-dealkylation sites (N-methyl/N-ethyl adjacent to an activating group) is 1. The Bertz CT molecular complexity index is 472. The summed E-state index contributed by atoms with van der Waals surface area (Å²) in [6.07, 6.45) is 4.39. The van der Waals surface area contributed by atoms with Gasteiger partial charge in [-0.25, -0.2) is 0 Å². The van der Waals surface area contributed by atoms with E-state index in [1.807, 2.05) is 26.1 Å². The van der Waals surface area contributed by atoms with Gasteiger partial charge in [0.25, 0.3) is 5.69 Å². The topological polar surface area (TPSA) is 64.4 Å². The van der Waals surface area contributed by atoms with Crippen LogP contribution < -0.4 is 5.32 Å². The maximum atomic E-state index is 11.1. The van der Waals surface area contributed by atoms with Crippen LogP contribution in [0, 0.1) is 16.0 Å². The van der Waals surface area contributed by atoms with Crippen LogP contribution in [0.15, 0.2) is 24.3 Å². The number of para-hydroxylation sites is 1. The molecule has 2 rings (SSSR count). The molecule has 1 aromatic rings. The van der Waals surface area contributed by atoms with Crippen molar-refractivity contribution in [2.45, 2.75) is 44.8 Å². The van der Waals surface area contributed by atoms with Gasteiger partial charge in [0.1, 0.15) is 0 Å². The lowest BCUT2D eigenvalue weighted by molar-refractivity contribution is -0.385. The van der Waals surface area contributed by atoms with Crippen molar-refractivity contribution in [3.8, 4) is 0 Å². The van der Waals surface area contributed by atoms with Crippen LogP contribution in [0.1, 0.15) is 31.7 Å². The summed E-state index contributed by atoms with van der Waals surface area (Å²) in [7, 11) is 1.93. The summed E-state index contributed by atoms with van der Waals surface area (Å²) in [5.74, 6) is 0.668. The lowest BCUT2D eigenvalue weighted by atomic mass is 9.77. The quantitative estimate of drug-likeness (QED) is 0.591.